The molecule has 0 aliphatic rings. The minimum atomic E-state index is 0. The Morgan fingerprint density at radius 3 is 1.80 bits per heavy atom. The van der Waals surface area contributed by atoms with E-state index < -0.39 is 0 Å². The first-order valence-electron chi connectivity index (χ1n) is 1.08. The van der Waals surface area contributed by atoms with Crippen LogP contribution in [-0.4, -0.2) is 5.84 Å². The fraction of sp³-hybridized carbons (Fsp3) is 0.500. The van der Waals surface area contributed by atoms with Gasteiger partial charge in [0.25, 0.3) is 0 Å². The van der Waals surface area contributed by atoms with Crippen LogP contribution in [0.2, 0.25) is 0 Å². The maximum Gasteiger partial charge on any atom is 0.235 e. The smallest absolute Gasteiger partial charge is 0.235 e. The highest BCUT2D eigenvalue weighted by molar-refractivity contribution is 5.70. The summed E-state index contributed by atoms with van der Waals surface area (Å²) >= 11 is 0. The molecule has 0 aliphatic heterocycles. The molecule has 0 saturated heterocycles. The quantitative estimate of drug-likeness (QED) is 0.221. The van der Waals surface area contributed by atoms with Gasteiger partial charge in [-0.15, -0.1) is 0 Å². The van der Waals surface area contributed by atoms with Crippen molar-refractivity contribution in [3.05, 3.63) is 0 Å². The number of halogens is 1. The molecular formula is C2H7FN2. The van der Waals surface area contributed by atoms with Crippen molar-refractivity contribution < 1.29 is 10.1 Å². The van der Waals surface area contributed by atoms with E-state index in [2.05, 4.69) is 0 Å². The highest BCUT2D eigenvalue weighted by atomic mass is 19.0. The molecular weight excluding hydrogens is 71.0 g/mol. The summed E-state index contributed by atoms with van der Waals surface area (Å²) in [5, 5.41) is 4.81. The molecule has 4 N–H and O–H groups in total. The molecule has 0 heterocycles. The fourth-order valence-corrected chi connectivity index (χ4v) is 0. The van der Waals surface area contributed by atoms with Crippen molar-refractivity contribution in [2.45, 2.75) is 6.92 Å². The van der Waals surface area contributed by atoms with Gasteiger partial charge in [-0.2, -0.15) is 0 Å². The molecule has 0 atom stereocenters. The Morgan fingerprint density at radius 1 is 1.80 bits per heavy atom. The Bertz CT molecular complexity index is 30.6. The summed E-state index contributed by atoms with van der Waals surface area (Å²) in [4.78, 5) is 0. The molecule has 0 radical (unpaired) electrons. The van der Waals surface area contributed by atoms with Crippen LogP contribution >= 0.6 is 0 Å². The Hall–Kier alpha value is -0.600. The van der Waals surface area contributed by atoms with Gasteiger partial charge in [-0.3, -0.25) is 11.1 Å². The van der Waals surface area contributed by atoms with E-state index in [9.17, 15) is 0 Å². The zero-order valence-corrected chi connectivity index (χ0v) is 3.03. The second-order valence-electron chi connectivity index (χ2n) is 0.744. The van der Waals surface area contributed by atoms with Crippen molar-refractivity contribution in [2.75, 3.05) is 0 Å². The molecule has 0 amide bonds. The van der Waals surface area contributed by atoms with E-state index >= 15 is 0 Å². The predicted molar refractivity (Wildman–Crippen MR) is 16.8 cm³/mol. The summed E-state index contributed by atoms with van der Waals surface area (Å²) in [5.74, 6) is 0.417. The third-order valence-electron chi connectivity index (χ3n) is 0. The van der Waals surface area contributed by atoms with Gasteiger partial charge in [-0.25, -0.2) is 0 Å². The zero-order chi connectivity index (χ0) is 3.58. The van der Waals surface area contributed by atoms with Gasteiger partial charge < -0.3 is 4.70 Å². The lowest BCUT2D eigenvalue weighted by Crippen LogP contribution is -3.00. The first-order chi connectivity index (χ1) is 1.73. The molecule has 0 spiro atoms. The highest BCUT2D eigenvalue weighted by Crippen LogP contribution is 1.24. The summed E-state index contributed by atoms with van der Waals surface area (Å²) in [5.41, 5.74) is 4.81. The van der Waals surface area contributed by atoms with E-state index in [0.29, 0.717) is 5.84 Å². The predicted octanol–water partition coefficient (Wildman–Crippen LogP) is -4.87. The van der Waals surface area contributed by atoms with Crippen LogP contribution in [0.1, 0.15) is 6.92 Å². The van der Waals surface area contributed by atoms with Gasteiger partial charge in [-0.05, 0) is 0 Å². The number of hydrogen-bond donors (Lipinski definition) is 2. The van der Waals surface area contributed by atoms with Crippen LogP contribution in [0.3, 0.4) is 0 Å². The van der Waals surface area contributed by atoms with Crippen LogP contribution in [0.25, 0.3) is 0 Å². The Labute approximate surface area is 29.9 Å². The van der Waals surface area contributed by atoms with Crippen LogP contribution in [-0.2, 0) is 0 Å². The van der Waals surface area contributed by atoms with Crippen molar-refractivity contribution >= 4 is 5.84 Å². The Morgan fingerprint density at radius 2 is 1.80 bits per heavy atom. The molecule has 0 aromatic heterocycles. The van der Waals surface area contributed by atoms with Crippen LogP contribution in [0.15, 0.2) is 0 Å². The summed E-state index contributed by atoms with van der Waals surface area (Å²) in [6.45, 7) is 1.64. The third-order valence-corrected chi connectivity index (χ3v) is 0. The lowest BCUT2D eigenvalue weighted by molar-refractivity contribution is -0.115. The number of hydrogen-bond acceptors (Lipinski definition) is 0. The molecule has 0 fully saturated rings. The SMILES string of the molecule is CC(N)=[NH2+].[F-]. The summed E-state index contributed by atoms with van der Waals surface area (Å²) in [7, 11) is 0. The van der Waals surface area contributed by atoms with Crippen molar-refractivity contribution in [3.63, 3.8) is 0 Å². The summed E-state index contributed by atoms with van der Waals surface area (Å²) < 4.78 is 0. The van der Waals surface area contributed by atoms with Crippen molar-refractivity contribution in [3.8, 4) is 0 Å². The minimum absolute atomic E-state index is 0. The van der Waals surface area contributed by atoms with E-state index in [4.69, 9.17) is 11.1 Å². The van der Waals surface area contributed by atoms with E-state index in [1.807, 2.05) is 0 Å². The highest BCUT2D eigenvalue weighted by Gasteiger charge is 1.64. The largest absolute Gasteiger partial charge is 1.00 e. The average molecular weight is 78.1 g/mol. The number of amidine groups is 1. The van der Waals surface area contributed by atoms with Crippen LogP contribution in [0.4, 0.5) is 0 Å². The molecule has 0 aliphatic carbocycles. The van der Waals surface area contributed by atoms with Crippen molar-refractivity contribution in [1.82, 2.24) is 0 Å². The fourth-order valence-electron chi connectivity index (χ4n) is 0. The molecule has 0 saturated carbocycles. The van der Waals surface area contributed by atoms with Gasteiger partial charge in [0.05, 0.1) is 0 Å². The Kier molecular flexibility index (Phi) is 6.00. The van der Waals surface area contributed by atoms with Gasteiger partial charge >= 0.3 is 0 Å². The maximum absolute atomic E-state index is 4.81. The monoisotopic (exact) mass is 78.1 g/mol. The zero-order valence-electron chi connectivity index (χ0n) is 3.03. The molecule has 32 valence electrons. The van der Waals surface area contributed by atoms with Gasteiger partial charge in [-0.1, -0.05) is 0 Å². The molecule has 0 aromatic carbocycles. The molecule has 0 rings (SSSR count). The number of rotatable bonds is 0. The van der Waals surface area contributed by atoms with E-state index in [0.717, 1.165) is 0 Å². The molecule has 0 aromatic rings. The molecule has 2 nitrogen and oxygen atoms in total. The van der Waals surface area contributed by atoms with E-state index in [1.54, 1.807) is 6.92 Å². The minimum Gasteiger partial charge on any atom is -1.00 e. The average Bonchev–Trinajstić information content (AvgIpc) is 0.811. The third kappa shape index (κ3) is 18.5. The first kappa shape index (κ1) is 8.83. The van der Waals surface area contributed by atoms with Crippen molar-refractivity contribution in [1.29, 1.82) is 0 Å². The molecule has 0 bridgehead atoms. The van der Waals surface area contributed by atoms with Crippen LogP contribution in [0, 0.1) is 0 Å². The van der Waals surface area contributed by atoms with Gasteiger partial charge in [0.1, 0.15) is 0 Å². The van der Waals surface area contributed by atoms with Crippen molar-refractivity contribution in [2.24, 2.45) is 5.73 Å². The molecule has 0 unspecified atom stereocenters. The van der Waals surface area contributed by atoms with Gasteiger partial charge in [0.2, 0.25) is 5.84 Å². The maximum atomic E-state index is 4.81. The van der Waals surface area contributed by atoms with Gasteiger partial charge in [0.15, 0.2) is 0 Å². The normalized spacial score (nSPS) is 5.00. The lowest BCUT2D eigenvalue weighted by Gasteiger charge is -1.57. The second kappa shape index (κ2) is 3.40. The van der Waals surface area contributed by atoms with E-state index in [1.165, 1.54) is 0 Å². The number of nitrogens with two attached hydrogens (primary N) is 2. The summed E-state index contributed by atoms with van der Waals surface area (Å²) in [6, 6.07) is 0. The van der Waals surface area contributed by atoms with Crippen LogP contribution in [0.5, 0.6) is 0 Å². The standard InChI is InChI=1S/C2H6N2.FH/c1-2(3)4;/h1H3,(H3,3,4);1H. The summed E-state index contributed by atoms with van der Waals surface area (Å²) in [6.07, 6.45) is 0. The molecule has 3 heteroatoms. The molecule has 5 heavy (non-hydrogen) atoms. The first-order valence-corrected chi connectivity index (χ1v) is 1.08. The van der Waals surface area contributed by atoms with E-state index in [-0.39, 0.29) is 4.70 Å². The van der Waals surface area contributed by atoms with Gasteiger partial charge in [0, 0.05) is 6.92 Å². The van der Waals surface area contributed by atoms with Crippen LogP contribution < -0.4 is 15.8 Å². The second-order valence-corrected chi connectivity index (χ2v) is 0.744. The Balaban J connectivity index is 0. The lowest BCUT2D eigenvalue weighted by atomic mass is 10.8. The topological polar surface area (TPSA) is 51.6 Å².